The molecular formula is C11H12O4. The van der Waals surface area contributed by atoms with Crippen molar-refractivity contribution in [1.29, 1.82) is 0 Å². The zero-order valence-corrected chi connectivity index (χ0v) is 8.34. The van der Waals surface area contributed by atoms with E-state index in [1.807, 2.05) is 0 Å². The minimum Gasteiger partial charge on any atom is -0.455 e. The average molecular weight is 208 g/mol. The van der Waals surface area contributed by atoms with Gasteiger partial charge in [0.2, 0.25) is 0 Å². The Morgan fingerprint density at radius 2 is 1.93 bits per heavy atom. The SMILES string of the molecule is C[C@H](O)C(=O)OCC(=O)c1ccccc1. The number of carbonyl (C=O) groups is 2. The van der Waals surface area contributed by atoms with Crippen LogP contribution in [0.5, 0.6) is 0 Å². The van der Waals surface area contributed by atoms with E-state index in [0.29, 0.717) is 5.56 Å². The third kappa shape index (κ3) is 3.52. The lowest BCUT2D eigenvalue weighted by Crippen LogP contribution is -2.22. The van der Waals surface area contributed by atoms with Gasteiger partial charge in [0.1, 0.15) is 6.10 Å². The van der Waals surface area contributed by atoms with Crippen molar-refractivity contribution in [2.75, 3.05) is 6.61 Å². The van der Waals surface area contributed by atoms with Crippen LogP contribution in [0.1, 0.15) is 17.3 Å². The van der Waals surface area contributed by atoms with E-state index in [-0.39, 0.29) is 12.4 Å². The molecule has 4 nitrogen and oxygen atoms in total. The van der Waals surface area contributed by atoms with E-state index in [9.17, 15) is 9.59 Å². The summed E-state index contributed by atoms with van der Waals surface area (Å²) >= 11 is 0. The van der Waals surface area contributed by atoms with Crippen LogP contribution in [-0.2, 0) is 9.53 Å². The zero-order valence-electron chi connectivity index (χ0n) is 8.34. The van der Waals surface area contributed by atoms with Crippen molar-refractivity contribution < 1.29 is 19.4 Å². The van der Waals surface area contributed by atoms with Crippen molar-refractivity contribution in [2.24, 2.45) is 0 Å². The third-order valence-electron chi connectivity index (χ3n) is 1.78. The first-order valence-corrected chi connectivity index (χ1v) is 4.54. The summed E-state index contributed by atoms with van der Waals surface area (Å²) in [6.07, 6.45) is -1.20. The highest BCUT2D eigenvalue weighted by atomic mass is 16.5. The van der Waals surface area contributed by atoms with Gasteiger partial charge in [0.15, 0.2) is 12.4 Å². The number of hydrogen-bond donors (Lipinski definition) is 1. The zero-order chi connectivity index (χ0) is 11.3. The van der Waals surface area contributed by atoms with E-state index in [1.54, 1.807) is 30.3 Å². The number of aliphatic hydroxyl groups is 1. The van der Waals surface area contributed by atoms with E-state index in [2.05, 4.69) is 4.74 Å². The second-order valence-corrected chi connectivity index (χ2v) is 3.07. The van der Waals surface area contributed by atoms with Gasteiger partial charge in [-0.1, -0.05) is 30.3 Å². The lowest BCUT2D eigenvalue weighted by molar-refractivity contribution is -0.151. The molecule has 1 rings (SSSR count). The summed E-state index contributed by atoms with van der Waals surface area (Å²) in [4.78, 5) is 22.3. The molecule has 0 heterocycles. The molecule has 0 saturated carbocycles. The summed E-state index contributed by atoms with van der Waals surface area (Å²) in [5.41, 5.74) is 0.482. The van der Waals surface area contributed by atoms with Crippen LogP contribution in [-0.4, -0.2) is 29.6 Å². The van der Waals surface area contributed by atoms with E-state index >= 15 is 0 Å². The van der Waals surface area contributed by atoms with Crippen LogP contribution in [0.25, 0.3) is 0 Å². The number of rotatable bonds is 4. The molecule has 0 radical (unpaired) electrons. The fraction of sp³-hybridized carbons (Fsp3) is 0.273. The van der Waals surface area contributed by atoms with Crippen LogP contribution in [0.4, 0.5) is 0 Å². The van der Waals surface area contributed by atoms with Crippen LogP contribution >= 0.6 is 0 Å². The first-order valence-electron chi connectivity index (χ1n) is 4.54. The Labute approximate surface area is 87.5 Å². The van der Waals surface area contributed by atoms with Crippen LogP contribution in [0.3, 0.4) is 0 Å². The number of esters is 1. The van der Waals surface area contributed by atoms with E-state index in [0.717, 1.165) is 0 Å². The minimum absolute atomic E-state index is 0.287. The molecule has 0 bridgehead atoms. The standard InChI is InChI=1S/C11H12O4/c1-8(12)11(14)15-7-10(13)9-5-3-2-4-6-9/h2-6,8,12H,7H2,1H3/t8-/m0/s1. The second kappa shape index (κ2) is 5.26. The van der Waals surface area contributed by atoms with Crippen molar-refractivity contribution in [3.63, 3.8) is 0 Å². The Hall–Kier alpha value is -1.68. The fourth-order valence-corrected chi connectivity index (χ4v) is 0.965. The molecule has 0 spiro atoms. The van der Waals surface area contributed by atoms with Crippen molar-refractivity contribution in [3.8, 4) is 0 Å². The summed E-state index contributed by atoms with van der Waals surface area (Å²) in [6, 6.07) is 8.52. The van der Waals surface area contributed by atoms with Gasteiger partial charge in [-0.15, -0.1) is 0 Å². The Bertz CT molecular complexity index is 343. The molecule has 1 atom stereocenters. The number of carbonyl (C=O) groups excluding carboxylic acids is 2. The largest absolute Gasteiger partial charge is 0.455 e. The molecule has 0 fully saturated rings. The van der Waals surface area contributed by atoms with Gasteiger partial charge in [0.05, 0.1) is 0 Å². The van der Waals surface area contributed by atoms with Gasteiger partial charge in [-0.25, -0.2) is 4.79 Å². The smallest absolute Gasteiger partial charge is 0.335 e. The summed E-state index contributed by atoms with van der Waals surface area (Å²) < 4.78 is 4.58. The number of ketones is 1. The van der Waals surface area contributed by atoms with Crippen LogP contribution in [0.2, 0.25) is 0 Å². The van der Waals surface area contributed by atoms with Crippen LogP contribution in [0.15, 0.2) is 30.3 Å². The number of hydrogen-bond acceptors (Lipinski definition) is 4. The first kappa shape index (κ1) is 11.4. The molecule has 15 heavy (non-hydrogen) atoms. The maximum absolute atomic E-state index is 11.4. The van der Waals surface area contributed by atoms with E-state index < -0.39 is 12.1 Å². The highest BCUT2D eigenvalue weighted by molar-refractivity contribution is 5.98. The summed E-state index contributed by atoms with van der Waals surface area (Å²) in [5, 5.41) is 8.82. The van der Waals surface area contributed by atoms with Crippen molar-refractivity contribution >= 4 is 11.8 Å². The summed E-state index contributed by atoms with van der Waals surface area (Å²) in [7, 11) is 0. The molecule has 0 aromatic heterocycles. The normalized spacial score (nSPS) is 11.9. The molecule has 1 N–H and O–H groups in total. The summed E-state index contributed by atoms with van der Waals surface area (Å²) in [6.45, 7) is 0.947. The molecular weight excluding hydrogens is 196 g/mol. The molecule has 0 unspecified atom stereocenters. The molecule has 0 aliphatic heterocycles. The molecule has 0 saturated heterocycles. The van der Waals surface area contributed by atoms with Gasteiger partial charge in [0.25, 0.3) is 0 Å². The molecule has 1 aromatic rings. The van der Waals surface area contributed by atoms with Gasteiger partial charge in [-0.05, 0) is 6.92 Å². The Morgan fingerprint density at radius 3 is 2.47 bits per heavy atom. The quantitative estimate of drug-likeness (QED) is 0.587. The van der Waals surface area contributed by atoms with E-state index in [4.69, 9.17) is 5.11 Å². The second-order valence-electron chi connectivity index (χ2n) is 3.07. The topological polar surface area (TPSA) is 63.6 Å². The Morgan fingerprint density at radius 1 is 1.33 bits per heavy atom. The molecule has 4 heteroatoms. The van der Waals surface area contributed by atoms with Crippen molar-refractivity contribution in [2.45, 2.75) is 13.0 Å². The van der Waals surface area contributed by atoms with Gasteiger partial charge in [-0.3, -0.25) is 4.79 Å². The highest BCUT2D eigenvalue weighted by Crippen LogP contribution is 2.00. The molecule has 80 valence electrons. The number of ether oxygens (including phenoxy) is 1. The number of aliphatic hydroxyl groups excluding tert-OH is 1. The van der Waals surface area contributed by atoms with Crippen molar-refractivity contribution in [3.05, 3.63) is 35.9 Å². The van der Waals surface area contributed by atoms with Gasteiger partial charge in [-0.2, -0.15) is 0 Å². The average Bonchev–Trinajstić information content (AvgIpc) is 2.26. The molecule has 0 aliphatic rings. The molecule has 0 amide bonds. The van der Waals surface area contributed by atoms with Gasteiger partial charge < -0.3 is 9.84 Å². The minimum atomic E-state index is -1.20. The first-order chi connectivity index (χ1) is 7.11. The highest BCUT2D eigenvalue weighted by Gasteiger charge is 2.13. The molecule has 0 aliphatic carbocycles. The van der Waals surface area contributed by atoms with Crippen molar-refractivity contribution in [1.82, 2.24) is 0 Å². The predicted octanol–water partition coefficient (Wildman–Crippen LogP) is 0.793. The maximum atomic E-state index is 11.4. The van der Waals surface area contributed by atoms with Crippen LogP contribution in [0, 0.1) is 0 Å². The van der Waals surface area contributed by atoms with Crippen LogP contribution < -0.4 is 0 Å². The lowest BCUT2D eigenvalue weighted by atomic mass is 10.1. The number of benzene rings is 1. The lowest BCUT2D eigenvalue weighted by Gasteiger charge is -2.05. The summed E-state index contributed by atoms with van der Waals surface area (Å²) in [5.74, 6) is -1.08. The third-order valence-corrected chi connectivity index (χ3v) is 1.78. The number of Topliss-reactive ketones (excluding diaryl/α,β-unsaturated/α-hetero) is 1. The van der Waals surface area contributed by atoms with Gasteiger partial charge in [0, 0.05) is 5.56 Å². The Balaban J connectivity index is 2.48. The predicted molar refractivity (Wildman–Crippen MR) is 53.4 cm³/mol. The Kier molecular flexibility index (Phi) is 4.00. The molecule has 1 aromatic carbocycles. The fourth-order valence-electron chi connectivity index (χ4n) is 0.965. The maximum Gasteiger partial charge on any atom is 0.335 e. The monoisotopic (exact) mass is 208 g/mol. The van der Waals surface area contributed by atoms with E-state index in [1.165, 1.54) is 6.92 Å². The van der Waals surface area contributed by atoms with Gasteiger partial charge >= 0.3 is 5.97 Å².